The first kappa shape index (κ1) is 20.3. The second-order valence-electron chi connectivity index (χ2n) is 8.57. The summed E-state index contributed by atoms with van der Waals surface area (Å²) in [5, 5.41) is 0.679. The molecule has 1 aromatic heterocycles. The van der Waals surface area contributed by atoms with Crippen LogP contribution in [0.25, 0.3) is 22.4 Å². The number of nitrogens with one attached hydrogen (secondary N) is 1. The highest BCUT2D eigenvalue weighted by atomic mass is 35.5. The lowest BCUT2D eigenvalue weighted by Crippen LogP contribution is -2.45. The highest BCUT2D eigenvalue weighted by Gasteiger charge is 2.32. The molecule has 3 heterocycles. The van der Waals surface area contributed by atoms with Crippen LogP contribution >= 0.6 is 11.6 Å². The van der Waals surface area contributed by atoms with Gasteiger partial charge in [0.05, 0.1) is 22.1 Å². The van der Waals surface area contributed by atoms with Gasteiger partial charge in [0.15, 0.2) is 0 Å². The molecule has 1 atom stereocenters. The minimum absolute atomic E-state index is 0.0572. The highest BCUT2D eigenvalue weighted by molar-refractivity contribution is 6.33. The van der Waals surface area contributed by atoms with Gasteiger partial charge in [-0.3, -0.25) is 9.69 Å². The Bertz CT molecular complexity index is 1060. The summed E-state index contributed by atoms with van der Waals surface area (Å²) >= 11 is 6.54. The molecule has 0 radical (unpaired) electrons. The van der Waals surface area contributed by atoms with Gasteiger partial charge in [-0.25, -0.2) is 4.98 Å². The molecule has 31 heavy (non-hydrogen) atoms. The average Bonchev–Trinajstić information content (AvgIpc) is 3.32. The zero-order valence-electron chi connectivity index (χ0n) is 17.9. The van der Waals surface area contributed by atoms with Crippen molar-refractivity contribution in [2.24, 2.45) is 0 Å². The van der Waals surface area contributed by atoms with Crippen LogP contribution in [0, 0.1) is 0 Å². The molecule has 1 amide bonds. The molecule has 0 bridgehead atoms. The van der Waals surface area contributed by atoms with E-state index in [1.807, 2.05) is 30.3 Å². The summed E-state index contributed by atoms with van der Waals surface area (Å²) in [6.45, 7) is 4.34. The Hall–Kier alpha value is -2.57. The van der Waals surface area contributed by atoms with Crippen molar-refractivity contribution in [1.29, 1.82) is 0 Å². The molecular formula is C24H28ClN5O. The fourth-order valence-corrected chi connectivity index (χ4v) is 5.01. The average molecular weight is 438 g/mol. The number of amides is 1. The zero-order chi connectivity index (χ0) is 21.4. The molecule has 7 heteroatoms. The number of carbonyl (C=O) groups excluding carboxylic acids is 1. The molecule has 3 aromatic rings. The molecule has 2 aromatic carbocycles. The molecule has 5 rings (SSSR count). The Morgan fingerprint density at radius 3 is 2.74 bits per heavy atom. The Morgan fingerprint density at radius 2 is 1.94 bits per heavy atom. The number of anilines is 1. The van der Waals surface area contributed by atoms with Crippen LogP contribution in [0.3, 0.4) is 0 Å². The summed E-state index contributed by atoms with van der Waals surface area (Å²) in [5.41, 5.74) is 3.95. The first-order valence-corrected chi connectivity index (χ1v) is 11.5. The lowest BCUT2D eigenvalue weighted by atomic mass is 10.1. The summed E-state index contributed by atoms with van der Waals surface area (Å²) in [5.74, 6) is 1.07. The molecule has 0 saturated carbocycles. The molecule has 2 fully saturated rings. The van der Waals surface area contributed by atoms with Gasteiger partial charge in [-0.1, -0.05) is 23.7 Å². The molecular weight excluding hydrogens is 410 g/mol. The van der Waals surface area contributed by atoms with Gasteiger partial charge in [0.1, 0.15) is 5.82 Å². The first-order chi connectivity index (χ1) is 15.1. The van der Waals surface area contributed by atoms with E-state index in [2.05, 4.69) is 38.9 Å². The van der Waals surface area contributed by atoms with Crippen molar-refractivity contribution in [3.8, 4) is 11.4 Å². The lowest BCUT2D eigenvalue weighted by molar-refractivity contribution is -0.135. The van der Waals surface area contributed by atoms with E-state index in [0.29, 0.717) is 10.9 Å². The van der Waals surface area contributed by atoms with Crippen LogP contribution in [0.2, 0.25) is 5.02 Å². The third-order valence-corrected chi connectivity index (χ3v) is 6.90. The number of aromatic amines is 1. The van der Waals surface area contributed by atoms with Gasteiger partial charge in [0.25, 0.3) is 0 Å². The zero-order valence-corrected chi connectivity index (χ0v) is 18.6. The number of H-pyrrole nitrogens is 1. The Balaban J connectivity index is 1.34. The Labute approximate surface area is 187 Å². The summed E-state index contributed by atoms with van der Waals surface area (Å²) in [6, 6.07) is 14.2. The molecule has 0 aliphatic carbocycles. The van der Waals surface area contributed by atoms with Crippen molar-refractivity contribution < 1.29 is 4.79 Å². The molecule has 162 valence electrons. The number of para-hydroxylation sites is 2. The van der Waals surface area contributed by atoms with E-state index in [1.165, 1.54) is 0 Å². The smallest absolute Gasteiger partial charge is 0.239 e. The number of aromatic nitrogens is 2. The second kappa shape index (κ2) is 8.52. The van der Waals surface area contributed by atoms with Crippen molar-refractivity contribution in [1.82, 2.24) is 19.8 Å². The lowest BCUT2D eigenvalue weighted by Gasteiger charge is -2.28. The number of fused-ring (bicyclic) bond motifs is 1. The molecule has 2 aliphatic rings. The topological polar surface area (TPSA) is 55.5 Å². The van der Waals surface area contributed by atoms with E-state index < -0.39 is 0 Å². The minimum Gasteiger partial charge on any atom is -0.370 e. The SMILES string of the molecule is CN1CCC[C@H]1C(=O)N1CCCN(c2ccc(Cl)c(-c3nc4ccccc4[nH]3)c2)CC1. The predicted molar refractivity (Wildman–Crippen MR) is 126 cm³/mol. The minimum atomic E-state index is 0.0572. The number of likely N-dealkylation sites (tertiary alicyclic amines) is 1. The van der Waals surface area contributed by atoms with Gasteiger partial charge in [0.2, 0.25) is 5.91 Å². The van der Waals surface area contributed by atoms with Gasteiger partial charge in [-0.05, 0) is 63.2 Å². The van der Waals surface area contributed by atoms with E-state index in [4.69, 9.17) is 16.6 Å². The van der Waals surface area contributed by atoms with Crippen LogP contribution in [-0.4, -0.2) is 71.5 Å². The maximum absolute atomic E-state index is 13.0. The number of carbonyl (C=O) groups is 1. The third-order valence-electron chi connectivity index (χ3n) is 6.57. The Morgan fingerprint density at radius 1 is 1.06 bits per heavy atom. The van der Waals surface area contributed by atoms with E-state index in [9.17, 15) is 4.79 Å². The maximum atomic E-state index is 13.0. The van der Waals surface area contributed by atoms with Crippen molar-refractivity contribution in [2.45, 2.75) is 25.3 Å². The second-order valence-corrected chi connectivity index (χ2v) is 8.98. The normalized spacial score (nSPS) is 20.4. The van der Waals surface area contributed by atoms with Crippen LogP contribution in [0.5, 0.6) is 0 Å². The van der Waals surface area contributed by atoms with Crippen LogP contribution < -0.4 is 4.90 Å². The molecule has 2 aliphatic heterocycles. The summed E-state index contributed by atoms with van der Waals surface area (Å²) in [6.07, 6.45) is 3.06. The maximum Gasteiger partial charge on any atom is 0.239 e. The van der Waals surface area contributed by atoms with E-state index in [0.717, 1.165) is 80.1 Å². The number of nitrogens with zero attached hydrogens (tertiary/aromatic N) is 4. The molecule has 6 nitrogen and oxygen atoms in total. The molecule has 2 saturated heterocycles. The van der Waals surface area contributed by atoms with Gasteiger partial charge < -0.3 is 14.8 Å². The highest BCUT2D eigenvalue weighted by Crippen LogP contribution is 2.32. The number of imidazole rings is 1. The summed E-state index contributed by atoms with van der Waals surface area (Å²) in [7, 11) is 2.06. The van der Waals surface area contributed by atoms with Crippen molar-refractivity contribution in [2.75, 3.05) is 44.7 Å². The van der Waals surface area contributed by atoms with E-state index >= 15 is 0 Å². The molecule has 1 N–H and O–H groups in total. The van der Waals surface area contributed by atoms with Crippen molar-refractivity contribution >= 4 is 34.2 Å². The van der Waals surface area contributed by atoms with Crippen molar-refractivity contribution in [3.05, 3.63) is 47.5 Å². The predicted octanol–water partition coefficient (Wildman–Crippen LogP) is 4.02. The van der Waals surface area contributed by atoms with Gasteiger partial charge in [-0.15, -0.1) is 0 Å². The van der Waals surface area contributed by atoms with E-state index in [1.54, 1.807) is 0 Å². The van der Waals surface area contributed by atoms with Crippen LogP contribution in [0.15, 0.2) is 42.5 Å². The summed E-state index contributed by atoms with van der Waals surface area (Å²) < 4.78 is 0. The number of hydrogen-bond donors (Lipinski definition) is 1. The van der Waals surface area contributed by atoms with Crippen molar-refractivity contribution in [3.63, 3.8) is 0 Å². The molecule has 0 spiro atoms. The van der Waals surface area contributed by atoms with Crippen LogP contribution in [-0.2, 0) is 4.79 Å². The van der Waals surface area contributed by atoms with E-state index in [-0.39, 0.29) is 6.04 Å². The number of likely N-dealkylation sites (N-methyl/N-ethyl adjacent to an activating group) is 1. The first-order valence-electron chi connectivity index (χ1n) is 11.1. The largest absolute Gasteiger partial charge is 0.370 e. The van der Waals surface area contributed by atoms with Crippen LogP contribution in [0.1, 0.15) is 19.3 Å². The quantitative estimate of drug-likeness (QED) is 0.672. The van der Waals surface area contributed by atoms with Crippen LogP contribution in [0.4, 0.5) is 5.69 Å². The van der Waals surface area contributed by atoms with Gasteiger partial charge in [0, 0.05) is 37.4 Å². The van der Waals surface area contributed by atoms with Gasteiger partial charge >= 0.3 is 0 Å². The Kier molecular flexibility index (Phi) is 5.59. The molecule has 0 unspecified atom stereocenters. The fourth-order valence-electron chi connectivity index (χ4n) is 4.80. The van der Waals surface area contributed by atoms with Gasteiger partial charge in [-0.2, -0.15) is 0 Å². The fraction of sp³-hybridized carbons (Fsp3) is 0.417. The monoisotopic (exact) mass is 437 g/mol. The third kappa shape index (κ3) is 4.02. The summed E-state index contributed by atoms with van der Waals surface area (Å²) in [4.78, 5) is 27.7. The number of benzene rings is 2. The standard InChI is InChI=1S/C24H28ClN5O/c1-28-11-4-8-22(28)24(31)30-13-5-12-29(14-15-30)17-9-10-19(25)18(16-17)23-26-20-6-2-3-7-21(20)27-23/h2-3,6-7,9-10,16,22H,4-5,8,11-15H2,1H3,(H,26,27)/t22-/m0/s1. The number of hydrogen-bond acceptors (Lipinski definition) is 4. The number of rotatable bonds is 3. The number of halogens is 1.